The van der Waals surface area contributed by atoms with Gasteiger partial charge in [0.15, 0.2) is 5.96 Å². The third-order valence-corrected chi connectivity index (χ3v) is 3.96. The molecule has 3 amide bonds. The number of nitrogens with zero attached hydrogens (tertiary/aromatic N) is 1. The summed E-state index contributed by atoms with van der Waals surface area (Å²) in [6.07, 6.45) is -0.641. The van der Waals surface area contributed by atoms with Crippen LogP contribution in [0.1, 0.15) is 19.3 Å². The summed E-state index contributed by atoms with van der Waals surface area (Å²) in [5, 5.41) is 24.9. The third-order valence-electron chi connectivity index (χ3n) is 3.59. The Kier molecular flexibility index (Phi) is 12.6. The van der Waals surface area contributed by atoms with E-state index in [2.05, 4.69) is 33.6 Å². The summed E-state index contributed by atoms with van der Waals surface area (Å²) in [5.41, 5.74) is 15.5. The number of aliphatic imine (C=N–C) groups is 1. The first-order valence-electron chi connectivity index (χ1n) is 8.72. The molecule has 0 aromatic carbocycles. The third kappa shape index (κ3) is 11.1. The van der Waals surface area contributed by atoms with Crippen molar-refractivity contribution in [3.05, 3.63) is 0 Å². The standard InChI is InChI=1S/C15H27N7O7S/c16-5-10(23)20-9(6-30)13(27)22-8(4-11(24)25)12(26)21-7(14(28)29)2-1-3-19-15(17)18/h7-9,30H,1-6,16H2,(H,20,23)(H,21,26)(H,22,27)(H,24,25)(H,28,29)(H4,17,18,19). The van der Waals surface area contributed by atoms with Crippen molar-refractivity contribution < 1.29 is 34.2 Å². The van der Waals surface area contributed by atoms with Gasteiger partial charge in [0.05, 0.1) is 13.0 Å². The van der Waals surface area contributed by atoms with E-state index in [0.29, 0.717) is 0 Å². The van der Waals surface area contributed by atoms with Crippen LogP contribution < -0.4 is 33.2 Å². The lowest BCUT2D eigenvalue weighted by Crippen LogP contribution is -2.57. The van der Waals surface area contributed by atoms with Crippen molar-refractivity contribution in [1.29, 1.82) is 0 Å². The summed E-state index contributed by atoms with van der Waals surface area (Å²) in [6.45, 7) is -0.265. The van der Waals surface area contributed by atoms with Gasteiger partial charge in [-0.05, 0) is 12.8 Å². The summed E-state index contributed by atoms with van der Waals surface area (Å²) < 4.78 is 0. The Hall–Kier alpha value is -3.07. The van der Waals surface area contributed by atoms with Gasteiger partial charge in [-0.2, -0.15) is 12.6 Å². The van der Waals surface area contributed by atoms with Crippen LogP contribution >= 0.6 is 12.6 Å². The predicted octanol–water partition coefficient (Wildman–Crippen LogP) is -4.06. The van der Waals surface area contributed by atoms with E-state index in [4.69, 9.17) is 22.3 Å². The number of nitrogens with two attached hydrogens (primary N) is 3. The number of carboxylic acid groups (broad SMARTS) is 2. The van der Waals surface area contributed by atoms with E-state index < -0.39 is 60.8 Å². The van der Waals surface area contributed by atoms with Crippen LogP contribution in [-0.2, 0) is 24.0 Å². The second kappa shape index (κ2) is 14.0. The maximum Gasteiger partial charge on any atom is 0.326 e. The number of hydrogen-bond acceptors (Lipinski definition) is 8. The molecule has 170 valence electrons. The molecule has 0 aromatic rings. The molecular formula is C15H27N7O7S. The van der Waals surface area contributed by atoms with Gasteiger partial charge in [-0.1, -0.05) is 0 Å². The molecule has 0 aromatic heterocycles. The van der Waals surface area contributed by atoms with Crippen LogP contribution in [0.15, 0.2) is 4.99 Å². The summed E-state index contributed by atoms with van der Waals surface area (Å²) in [7, 11) is 0. The van der Waals surface area contributed by atoms with E-state index >= 15 is 0 Å². The second-order valence-electron chi connectivity index (χ2n) is 6.01. The molecule has 0 rings (SSSR count). The molecule has 0 saturated heterocycles. The number of carbonyl (C=O) groups excluding carboxylic acids is 3. The maximum absolute atomic E-state index is 12.4. The smallest absolute Gasteiger partial charge is 0.326 e. The van der Waals surface area contributed by atoms with Crippen LogP contribution in [0.25, 0.3) is 0 Å². The largest absolute Gasteiger partial charge is 0.481 e. The Bertz CT molecular complexity index is 670. The molecule has 3 atom stereocenters. The highest BCUT2D eigenvalue weighted by Crippen LogP contribution is 2.02. The number of nitrogens with one attached hydrogen (secondary N) is 3. The number of carboxylic acids is 2. The highest BCUT2D eigenvalue weighted by molar-refractivity contribution is 7.80. The summed E-state index contributed by atoms with van der Waals surface area (Å²) in [5.74, 6) is -5.66. The lowest BCUT2D eigenvalue weighted by molar-refractivity contribution is -0.143. The minimum absolute atomic E-state index is 0.0442. The zero-order chi connectivity index (χ0) is 23.3. The first-order chi connectivity index (χ1) is 14.0. The SMILES string of the molecule is NCC(=O)NC(CS)C(=O)NC(CC(=O)O)C(=O)NC(CCCN=C(N)N)C(=O)O. The van der Waals surface area contributed by atoms with E-state index in [1.165, 1.54) is 0 Å². The molecule has 0 bridgehead atoms. The first kappa shape index (κ1) is 26.9. The maximum atomic E-state index is 12.4. The van der Waals surface area contributed by atoms with E-state index in [9.17, 15) is 29.1 Å². The van der Waals surface area contributed by atoms with Crippen LogP contribution in [0.2, 0.25) is 0 Å². The number of hydrogen-bond donors (Lipinski definition) is 9. The van der Waals surface area contributed by atoms with Gasteiger partial charge in [0, 0.05) is 12.3 Å². The number of carbonyl (C=O) groups is 5. The molecule has 0 radical (unpaired) electrons. The van der Waals surface area contributed by atoms with Gasteiger partial charge in [0.1, 0.15) is 18.1 Å². The van der Waals surface area contributed by atoms with Crippen molar-refractivity contribution in [3.8, 4) is 0 Å². The highest BCUT2D eigenvalue weighted by atomic mass is 32.1. The van der Waals surface area contributed by atoms with Gasteiger partial charge in [-0.15, -0.1) is 0 Å². The fourth-order valence-corrected chi connectivity index (χ4v) is 2.39. The van der Waals surface area contributed by atoms with E-state index in [1.807, 2.05) is 0 Å². The normalized spacial score (nSPS) is 13.3. The zero-order valence-corrected chi connectivity index (χ0v) is 16.9. The van der Waals surface area contributed by atoms with Crippen LogP contribution in [0, 0.1) is 0 Å². The minimum Gasteiger partial charge on any atom is -0.481 e. The summed E-state index contributed by atoms with van der Waals surface area (Å²) in [4.78, 5) is 62.2. The van der Waals surface area contributed by atoms with Crippen LogP contribution in [-0.4, -0.2) is 82.8 Å². The average molecular weight is 449 g/mol. The molecule has 14 nitrogen and oxygen atoms in total. The van der Waals surface area contributed by atoms with Gasteiger partial charge in [-0.3, -0.25) is 24.2 Å². The predicted molar refractivity (Wildman–Crippen MR) is 108 cm³/mol. The van der Waals surface area contributed by atoms with Crippen molar-refractivity contribution in [2.24, 2.45) is 22.2 Å². The number of guanidine groups is 1. The van der Waals surface area contributed by atoms with Crippen LogP contribution in [0.5, 0.6) is 0 Å². The van der Waals surface area contributed by atoms with Gasteiger partial charge in [-0.25, -0.2) is 4.79 Å². The quantitative estimate of drug-likeness (QED) is 0.0536. The van der Waals surface area contributed by atoms with Crippen LogP contribution in [0.3, 0.4) is 0 Å². The van der Waals surface area contributed by atoms with E-state index in [-0.39, 0.29) is 31.1 Å². The van der Waals surface area contributed by atoms with Crippen molar-refractivity contribution in [2.45, 2.75) is 37.4 Å². The molecule has 11 N–H and O–H groups in total. The lowest BCUT2D eigenvalue weighted by Gasteiger charge is -2.23. The highest BCUT2D eigenvalue weighted by Gasteiger charge is 2.30. The van der Waals surface area contributed by atoms with Crippen LogP contribution in [0.4, 0.5) is 0 Å². The molecular weight excluding hydrogens is 422 g/mol. The van der Waals surface area contributed by atoms with E-state index in [0.717, 1.165) is 0 Å². The van der Waals surface area contributed by atoms with Crippen molar-refractivity contribution in [2.75, 3.05) is 18.8 Å². The fourth-order valence-electron chi connectivity index (χ4n) is 2.14. The molecule has 0 aliphatic carbocycles. The number of thiol groups is 1. The Morgan fingerprint density at radius 2 is 1.50 bits per heavy atom. The number of rotatable bonds is 14. The van der Waals surface area contributed by atoms with Gasteiger partial charge < -0.3 is 43.4 Å². The molecule has 0 aliphatic heterocycles. The number of amides is 3. The molecule has 0 saturated carbocycles. The Morgan fingerprint density at radius 3 is 1.97 bits per heavy atom. The van der Waals surface area contributed by atoms with Gasteiger partial charge >= 0.3 is 11.9 Å². The monoisotopic (exact) mass is 449 g/mol. The molecule has 15 heteroatoms. The minimum atomic E-state index is -1.59. The van der Waals surface area contributed by atoms with Gasteiger partial charge in [0.25, 0.3) is 0 Å². The van der Waals surface area contributed by atoms with Crippen molar-refractivity contribution >= 4 is 48.2 Å². The molecule has 30 heavy (non-hydrogen) atoms. The van der Waals surface area contributed by atoms with Gasteiger partial charge in [0.2, 0.25) is 17.7 Å². The molecule has 0 aliphatic rings. The average Bonchev–Trinajstić information content (AvgIpc) is 2.66. The van der Waals surface area contributed by atoms with Crippen molar-refractivity contribution in [3.63, 3.8) is 0 Å². The van der Waals surface area contributed by atoms with E-state index in [1.54, 1.807) is 0 Å². The summed E-state index contributed by atoms with van der Waals surface area (Å²) in [6, 6.07) is -4.13. The Balaban J connectivity index is 5.15. The van der Waals surface area contributed by atoms with Crippen molar-refractivity contribution in [1.82, 2.24) is 16.0 Å². The molecule has 3 unspecified atom stereocenters. The first-order valence-corrected chi connectivity index (χ1v) is 9.36. The fraction of sp³-hybridized carbons (Fsp3) is 0.600. The lowest BCUT2D eigenvalue weighted by atomic mass is 10.1. The molecule has 0 heterocycles. The molecule has 0 fully saturated rings. The number of aliphatic carboxylic acids is 2. The summed E-state index contributed by atoms with van der Waals surface area (Å²) >= 11 is 3.92. The Morgan fingerprint density at radius 1 is 0.933 bits per heavy atom. The topological polar surface area (TPSA) is 252 Å². The Labute approximate surface area is 177 Å². The zero-order valence-electron chi connectivity index (χ0n) is 16.0. The molecule has 0 spiro atoms. The second-order valence-corrected chi connectivity index (χ2v) is 6.38.